The number of nitro groups is 1. The van der Waals surface area contributed by atoms with Crippen LogP contribution in [0.3, 0.4) is 0 Å². The third kappa shape index (κ3) is 5.86. The molecule has 0 fully saturated rings. The number of nitrogens with one attached hydrogen (secondary N) is 2. The molecule has 31 heavy (non-hydrogen) atoms. The Bertz CT molecular complexity index is 1180. The van der Waals surface area contributed by atoms with E-state index in [1.165, 1.54) is 24.3 Å². The van der Waals surface area contributed by atoms with Crippen LogP contribution in [0.15, 0.2) is 83.0 Å². The van der Waals surface area contributed by atoms with E-state index in [0.29, 0.717) is 21.3 Å². The standard InChI is InChI=1S/C23H18BrN3O4/c1-15-10-11-20(19(24)12-15)25-23(29)21(26-22(28)17-7-3-2-4-8-17)14-16-6-5-9-18(13-16)27(30)31/h2-14H,1H3,(H,25,29)(H,26,28). The lowest BCUT2D eigenvalue weighted by atomic mass is 10.1. The first-order valence-corrected chi connectivity index (χ1v) is 10.0. The number of hydrogen-bond acceptors (Lipinski definition) is 4. The van der Waals surface area contributed by atoms with Gasteiger partial charge in [0.25, 0.3) is 17.5 Å². The van der Waals surface area contributed by atoms with E-state index in [2.05, 4.69) is 26.6 Å². The number of aryl methyl sites for hydroxylation is 1. The third-order valence-corrected chi connectivity index (χ3v) is 4.95. The Kier molecular flexibility index (Phi) is 6.94. The number of carbonyl (C=O) groups is 2. The molecule has 0 atom stereocenters. The fourth-order valence-electron chi connectivity index (χ4n) is 2.75. The number of nitrogens with zero attached hydrogens (tertiary/aromatic N) is 1. The number of halogens is 1. The largest absolute Gasteiger partial charge is 0.320 e. The van der Waals surface area contributed by atoms with Crippen molar-refractivity contribution in [2.24, 2.45) is 0 Å². The third-order valence-electron chi connectivity index (χ3n) is 4.29. The summed E-state index contributed by atoms with van der Waals surface area (Å²) in [4.78, 5) is 36.2. The van der Waals surface area contributed by atoms with Gasteiger partial charge in [-0.1, -0.05) is 36.4 Å². The Morgan fingerprint density at radius 3 is 2.42 bits per heavy atom. The van der Waals surface area contributed by atoms with Crippen molar-refractivity contribution in [3.63, 3.8) is 0 Å². The summed E-state index contributed by atoms with van der Waals surface area (Å²) in [5, 5.41) is 16.4. The zero-order chi connectivity index (χ0) is 22.4. The average molecular weight is 480 g/mol. The molecule has 0 unspecified atom stereocenters. The molecule has 0 aromatic heterocycles. The maximum Gasteiger partial charge on any atom is 0.272 e. The fourth-order valence-corrected chi connectivity index (χ4v) is 3.34. The Hall–Kier alpha value is -3.78. The molecule has 2 N–H and O–H groups in total. The van der Waals surface area contributed by atoms with E-state index in [1.54, 1.807) is 42.5 Å². The van der Waals surface area contributed by atoms with Crippen molar-refractivity contribution in [2.45, 2.75) is 6.92 Å². The van der Waals surface area contributed by atoms with Crippen LogP contribution in [-0.4, -0.2) is 16.7 Å². The Balaban J connectivity index is 1.94. The molecule has 7 nitrogen and oxygen atoms in total. The molecule has 2 amide bonds. The molecule has 156 valence electrons. The first-order valence-electron chi connectivity index (χ1n) is 9.23. The Labute approximate surface area is 187 Å². The van der Waals surface area contributed by atoms with Crippen LogP contribution in [0.25, 0.3) is 6.08 Å². The van der Waals surface area contributed by atoms with Gasteiger partial charge in [-0.25, -0.2) is 0 Å². The van der Waals surface area contributed by atoms with Crippen molar-refractivity contribution in [3.05, 3.63) is 110 Å². The minimum absolute atomic E-state index is 0.0539. The lowest BCUT2D eigenvalue weighted by Crippen LogP contribution is -2.30. The summed E-state index contributed by atoms with van der Waals surface area (Å²) in [5.74, 6) is -1.05. The first-order chi connectivity index (χ1) is 14.8. The number of non-ortho nitro benzene ring substituents is 1. The molecule has 0 aliphatic rings. The van der Waals surface area contributed by atoms with Gasteiger partial charge >= 0.3 is 0 Å². The molecule has 0 aliphatic heterocycles. The summed E-state index contributed by atoms with van der Waals surface area (Å²) >= 11 is 3.41. The van der Waals surface area contributed by atoms with Crippen molar-refractivity contribution < 1.29 is 14.5 Å². The number of rotatable bonds is 6. The van der Waals surface area contributed by atoms with Gasteiger partial charge in [-0.3, -0.25) is 19.7 Å². The molecular formula is C23H18BrN3O4. The van der Waals surface area contributed by atoms with Crippen LogP contribution >= 0.6 is 15.9 Å². The normalized spacial score (nSPS) is 11.0. The minimum atomic E-state index is -0.569. The molecule has 0 aliphatic carbocycles. The zero-order valence-corrected chi connectivity index (χ0v) is 18.0. The lowest BCUT2D eigenvalue weighted by molar-refractivity contribution is -0.384. The fraction of sp³-hybridized carbons (Fsp3) is 0.0435. The second kappa shape index (κ2) is 9.82. The van der Waals surface area contributed by atoms with Gasteiger partial charge < -0.3 is 10.6 Å². The second-order valence-corrected chi connectivity index (χ2v) is 7.52. The van der Waals surface area contributed by atoms with E-state index < -0.39 is 16.7 Å². The van der Waals surface area contributed by atoms with Gasteiger partial charge in [0.2, 0.25) is 0 Å². The molecular weight excluding hydrogens is 462 g/mol. The molecule has 0 saturated carbocycles. The molecule has 0 heterocycles. The molecule has 0 saturated heterocycles. The van der Waals surface area contributed by atoms with Gasteiger partial charge in [0.1, 0.15) is 5.70 Å². The Morgan fingerprint density at radius 2 is 1.74 bits per heavy atom. The topological polar surface area (TPSA) is 101 Å². The van der Waals surface area contributed by atoms with Crippen molar-refractivity contribution in [1.82, 2.24) is 5.32 Å². The molecule has 3 rings (SSSR count). The summed E-state index contributed by atoms with van der Waals surface area (Å²) in [6.07, 6.45) is 1.39. The van der Waals surface area contributed by atoms with Gasteiger partial charge in [-0.05, 0) is 64.3 Å². The number of hydrogen-bond donors (Lipinski definition) is 2. The van der Waals surface area contributed by atoms with Crippen molar-refractivity contribution in [1.29, 1.82) is 0 Å². The van der Waals surface area contributed by atoms with Gasteiger partial charge in [0, 0.05) is 22.2 Å². The second-order valence-electron chi connectivity index (χ2n) is 6.67. The highest BCUT2D eigenvalue weighted by atomic mass is 79.9. The van der Waals surface area contributed by atoms with E-state index in [0.717, 1.165) is 5.56 Å². The molecule has 3 aromatic rings. The number of amides is 2. The van der Waals surface area contributed by atoms with Crippen molar-refractivity contribution in [3.8, 4) is 0 Å². The van der Waals surface area contributed by atoms with Crippen LogP contribution in [0.1, 0.15) is 21.5 Å². The van der Waals surface area contributed by atoms with Crippen LogP contribution in [0.5, 0.6) is 0 Å². The molecule has 3 aromatic carbocycles. The maximum atomic E-state index is 13.0. The summed E-state index contributed by atoms with van der Waals surface area (Å²) in [7, 11) is 0. The van der Waals surface area contributed by atoms with E-state index in [-0.39, 0.29) is 11.4 Å². The molecule has 0 radical (unpaired) electrons. The molecule has 0 bridgehead atoms. The summed E-state index contributed by atoms with van der Waals surface area (Å²) in [6.45, 7) is 1.92. The number of nitro benzene ring substituents is 1. The smallest absolute Gasteiger partial charge is 0.272 e. The highest BCUT2D eigenvalue weighted by Crippen LogP contribution is 2.24. The van der Waals surface area contributed by atoms with Crippen molar-refractivity contribution in [2.75, 3.05) is 5.32 Å². The number of carbonyl (C=O) groups excluding carboxylic acids is 2. The SMILES string of the molecule is Cc1ccc(NC(=O)C(=Cc2cccc([N+](=O)[O-])c2)NC(=O)c2ccccc2)c(Br)c1. The van der Waals surface area contributed by atoms with E-state index >= 15 is 0 Å². The van der Waals surface area contributed by atoms with Crippen LogP contribution in [0.4, 0.5) is 11.4 Å². The summed E-state index contributed by atoms with van der Waals surface area (Å²) in [6, 6.07) is 19.7. The zero-order valence-electron chi connectivity index (χ0n) is 16.5. The predicted molar refractivity (Wildman–Crippen MR) is 122 cm³/mol. The number of benzene rings is 3. The molecule has 0 spiro atoms. The first kappa shape index (κ1) is 21.9. The van der Waals surface area contributed by atoms with Gasteiger partial charge in [0.15, 0.2) is 0 Å². The van der Waals surface area contributed by atoms with Crippen LogP contribution in [0, 0.1) is 17.0 Å². The quantitative estimate of drug-likeness (QED) is 0.292. The highest BCUT2D eigenvalue weighted by Gasteiger charge is 2.16. The van der Waals surface area contributed by atoms with Gasteiger partial charge in [0.05, 0.1) is 10.6 Å². The minimum Gasteiger partial charge on any atom is -0.320 e. The lowest BCUT2D eigenvalue weighted by Gasteiger charge is -2.13. The predicted octanol–water partition coefficient (Wildman–Crippen LogP) is 5.08. The van der Waals surface area contributed by atoms with E-state index in [9.17, 15) is 19.7 Å². The monoisotopic (exact) mass is 479 g/mol. The Morgan fingerprint density at radius 1 is 1.00 bits per heavy atom. The number of anilines is 1. The average Bonchev–Trinajstić information content (AvgIpc) is 2.76. The summed E-state index contributed by atoms with van der Waals surface area (Å²) < 4.78 is 0.685. The molecule has 8 heteroatoms. The van der Waals surface area contributed by atoms with E-state index in [4.69, 9.17) is 0 Å². The van der Waals surface area contributed by atoms with Crippen LogP contribution in [-0.2, 0) is 4.79 Å². The highest BCUT2D eigenvalue weighted by molar-refractivity contribution is 9.10. The maximum absolute atomic E-state index is 13.0. The van der Waals surface area contributed by atoms with Crippen molar-refractivity contribution >= 4 is 45.2 Å². The van der Waals surface area contributed by atoms with Gasteiger partial charge in [-0.15, -0.1) is 0 Å². The van der Waals surface area contributed by atoms with Crippen LogP contribution in [0.2, 0.25) is 0 Å². The van der Waals surface area contributed by atoms with E-state index in [1.807, 2.05) is 19.1 Å². The van der Waals surface area contributed by atoms with Gasteiger partial charge in [-0.2, -0.15) is 0 Å². The van der Waals surface area contributed by atoms with Crippen LogP contribution < -0.4 is 10.6 Å². The summed E-state index contributed by atoms with van der Waals surface area (Å²) in [5.41, 5.74) is 2.13.